The van der Waals surface area contributed by atoms with E-state index in [0.717, 1.165) is 22.7 Å². The molecule has 0 N–H and O–H groups in total. The molecule has 258 valence electrons. The van der Waals surface area contributed by atoms with Crippen LogP contribution in [0, 0.1) is 0 Å². The molecule has 0 atom stereocenters. The summed E-state index contributed by atoms with van der Waals surface area (Å²) in [5.41, 5.74) is 11.7. The van der Waals surface area contributed by atoms with E-state index in [9.17, 15) is 0 Å². The molecule has 0 spiro atoms. The minimum absolute atomic E-state index is 1.10. The summed E-state index contributed by atoms with van der Waals surface area (Å²) in [7, 11) is 0. The lowest BCUT2D eigenvalue weighted by atomic mass is 9.97. The number of aromatic nitrogens is 1. The Labute approximate surface area is 323 Å². The number of fused-ring (bicyclic) bond motifs is 7. The van der Waals surface area contributed by atoms with Crippen molar-refractivity contribution in [1.29, 1.82) is 0 Å². The second-order valence-corrected chi connectivity index (χ2v) is 15.2. The Morgan fingerprint density at radius 2 is 1.02 bits per heavy atom. The first kappa shape index (κ1) is 31.6. The van der Waals surface area contributed by atoms with Gasteiger partial charge < -0.3 is 9.47 Å². The standard InChI is InChI=1S/C52H34N2S/c1-3-14-35(15-4-1)42-20-9-11-23-47(42)53(41-30-31-49-45(34-41)44-21-10-12-24-48(44)54(49)39-18-5-2-6-19-39)40-28-26-36(27-29-40)43-22-13-25-50-52(43)46-32-37-16-7-8-17-38(37)33-51(46)55-50/h1-34H. The Balaban J connectivity index is 1.10. The van der Waals surface area contributed by atoms with Crippen molar-refractivity contribution in [2.45, 2.75) is 0 Å². The summed E-state index contributed by atoms with van der Waals surface area (Å²) in [5.74, 6) is 0. The van der Waals surface area contributed by atoms with Crippen LogP contribution in [0.25, 0.3) is 80.7 Å². The van der Waals surface area contributed by atoms with Gasteiger partial charge in [0.1, 0.15) is 0 Å². The molecule has 0 radical (unpaired) electrons. The van der Waals surface area contributed by atoms with E-state index in [1.807, 2.05) is 11.3 Å². The Morgan fingerprint density at radius 3 is 1.85 bits per heavy atom. The van der Waals surface area contributed by atoms with Gasteiger partial charge in [-0.2, -0.15) is 0 Å². The number of para-hydroxylation sites is 3. The molecule has 11 rings (SSSR count). The van der Waals surface area contributed by atoms with E-state index in [-0.39, 0.29) is 0 Å². The van der Waals surface area contributed by atoms with Gasteiger partial charge in [-0.3, -0.25) is 0 Å². The average Bonchev–Trinajstić information content (AvgIpc) is 3.79. The molecule has 0 unspecified atom stereocenters. The summed E-state index contributed by atoms with van der Waals surface area (Å²) in [6.07, 6.45) is 0. The highest BCUT2D eigenvalue weighted by Crippen LogP contribution is 2.45. The van der Waals surface area contributed by atoms with Crippen molar-refractivity contribution >= 4 is 81.1 Å². The topological polar surface area (TPSA) is 8.17 Å². The SMILES string of the molecule is c1ccc(-c2ccccc2N(c2ccc(-c3cccc4sc5cc6ccccc6cc5c34)cc2)c2ccc3c(c2)c2ccccc2n3-c2ccccc2)cc1. The van der Waals surface area contributed by atoms with Crippen LogP contribution in [0.2, 0.25) is 0 Å². The van der Waals surface area contributed by atoms with Crippen molar-refractivity contribution in [3.8, 4) is 27.9 Å². The summed E-state index contributed by atoms with van der Waals surface area (Å²) in [4.78, 5) is 2.42. The molecular weight excluding hydrogens is 685 g/mol. The maximum Gasteiger partial charge on any atom is 0.0542 e. The Kier molecular flexibility index (Phi) is 7.39. The van der Waals surface area contributed by atoms with E-state index in [4.69, 9.17) is 0 Å². The minimum atomic E-state index is 1.10. The van der Waals surface area contributed by atoms with Gasteiger partial charge in [-0.1, -0.05) is 133 Å². The number of benzene rings is 9. The van der Waals surface area contributed by atoms with Crippen LogP contribution in [-0.2, 0) is 0 Å². The Hall–Kier alpha value is -6.94. The van der Waals surface area contributed by atoms with Gasteiger partial charge in [0.25, 0.3) is 0 Å². The Morgan fingerprint density at radius 1 is 0.382 bits per heavy atom. The lowest BCUT2D eigenvalue weighted by molar-refractivity contribution is 1.18. The first-order chi connectivity index (χ1) is 27.3. The van der Waals surface area contributed by atoms with Crippen LogP contribution in [0.15, 0.2) is 206 Å². The molecule has 0 bridgehead atoms. The van der Waals surface area contributed by atoms with Crippen molar-refractivity contribution in [1.82, 2.24) is 4.57 Å². The second kappa shape index (κ2) is 12.9. The first-order valence-corrected chi connectivity index (χ1v) is 19.6. The zero-order valence-electron chi connectivity index (χ0n) is 29.9. The molecule has 9 aromatic carbocycles. The van der Waals surface area contributed by atoms with E-state index in [2.05, 4.69) is 216 Å². The summed E-state index contributed by atoms with van der Waals surface area (Å²) >= 11 is 1.88. The van der Waals surface area contributed by atoms with Crippen LogP contribution >= 0.6 is 11.3 Å². The van der Waals surface area contributed by atoms with E-state index < -0.39 is 0 Å². The normalized spacial score (nSPS) is 11.6. The van der Waals surface area contributed by atoms with E-state index in [1.54, 1.807) is 0 Å². The predicted octanol–water partition coefficient (Wildman–Crippen LogP) is 15.1. The van der Waals surface area contributed by atoms with Crippen molar-refractivity contribution in [3.05, 3.63) is 206 Å². The van der Waals surface area contributed by atoms with Gasteiger partial charge in [-0.25, -0.2) is 0 Å². The highest BCUT2D eigenvalue weighted by molar-refractivity contribution is 7.26. The molecule has 0 aliphatic rings. The van der Waals surface area contributed by atoms with Crippen molar-refractivity contribution in [3.63, 3.8) is 0 Å². The molecule has 3 heteroatoms. The number of nitrogens with zero attached hydrogens (tertiary/aromatic N) is 2. The monoisotopic (exact) mass is 718 g/mol. The van der Waals surface area contributed by atoms with Crippen LogP contribution in [0.5, 0.6) is 0 Å². The van der Waals surface area contributed by atoms with Gasteiger partial charge in [-0.15, -0.1) is 11.3 Å². The van der Waals surface area contributed by atoms with Gasteiger partial charge in [0.15, 0.2) is 0 Å². The van der Waals surface area contributed by atoms with E-state index in [1.165, 1.54) is 75.0 Å². The smallest absolute Gasteiger partial charge is 0.0542 e. The second-order valence-electron chi connectivity index (χ2n) is 14.1. The number of hydrogen-bond donors (Lipinski definition) is 0. The maximum atomic E-state index is 2.42. The molecule has 2 aromatic heterocycles. The largest absolute Gasteiger partial charge is 0.310 e. The average molecular weight is 719 g/mol. The molecule has 0 saturated heterocycles. The third-order valence-electron chi connectivity index (χ3n) is 11.0. The fourth-order valence-corrected chi connectivity index (χ4v) is 9.62. The molecule has 0 fully saturated rings. The molecule has 0 saturated carbocycles. The fourth-order valence-electron chi connectivity index (χ4n) is 8.46. The number of thiophene rings is 1. The van der Waals surface area contributed by atoms with Gasteiger partial charge in [0.05, 0.1) is 16.7 Å². The number of anilines is 3. The number of hydrogen-bond acceptors (Lipinski definition) is 2. The molecule has 0 aliphatic carbocycles. The summed E-state index contributed by atoms with van der Waals surface area (Å²) in [6, 6.07) is 75.1. The molecule has 0 aliphatic heterocycles. The molecule has 55 heavy (non-hydrogen) atoms. The quantitative estimate of drug-likeness (QED) is 0.166. The number of rotatable bonds is 6. The van der Waals surface area contributed by atoms with E-state index in [0.29, 0.717) is 0 Å². The highest BCUT2D eigenvalue weighted by Gasteiger charge is 2.20. The predicted molar refractivity (Wildman–Crippen MR) is 237 cm³/mol. The first-order valence-electron chi connectivity index (χ1n) is 18.8. The molecule has 2 nitrogen and oxygen atoms in total. The molecule has 11 aromatic rings. The molecular formula is C52H34N2S. The third-order valence-corrected chi connectivity index (χ3v) is 12.1. The van der Waals surface area contributed by atoms with Crippen LogP contribution in [0.3, 0.4) is 0 Å². The van der Waals surface area contributed by atoms with Gasteiger partial charge >= 0.3 is 0 Å². The molecule has 2 heterocycles. The van der Waals surface area contributed by atoms with Gasteiger partial charge in [-0.05, 0) is 100 Å². The van der Waals surface area contributed by atoms with Crippen molar-refractivity contribution in [2.24, 2.45) is 0 Å². The Bertz CT molecular complexity index is 3190. The van der Waals surface area contributed by atoms with Gasteiger partial charge in [0.2, 0.25) is 0 Å². The summed E-state index contributed by atoms with van der Waals surface area (Å²) in [5, 5.41) is 7.66. The summed E-state index contributed by atoms with van der Waals surface area (Å²) in [6.45, 7) is 0. The molecule has 0 amide bonds. The summed E-state index contributed by atoms with van der Waals surface area (Å²) < 4.78 is 5.02. The maximum absolute atomic E-state index is 2.42. The zero-order chi connectivity index (χ0) is 36.3. The van der Waals surface area contributed by atoms with E-state index >= 15 is 0 Å². The minimum Gasteiger partial charge on any atom is -0.310 e. The van der Waals surface area contributed by atoms with Crippen LogP contribution in [0.1, 0.15) is 0 Å². The highest BCUT2D eigenvalue weighted by atomic mass is 32.1. The lowest BCUT2D eigenvalue weighted by Crippen LogP contribution is -2.11. The van der Waals surface area contributed by atoms with Crippen LogP contribution in [0.4, 0.5) is 17.1 Å². The van der Waals surface area contributed by atoms with Crippen LogP contribution < -0.4 is 4.90 Å². The third kappa shape index (κ3) is 5.24. The van der Waals surface area contributed by atoms with Crippen molar-refractivity contribution < 1.29 is 0 Å². The lowest BCUT2D eigenvalue weighted by Gasteiger charge is -2.28. The van der Waals surface area contributed by atoms with Crippen LogP contribution in [-0.4, -0.2) is 4.57 Å². The van der Waals surface area contributed by atoms with Crippen molar-refractivity contribution in [2.75, 3.05) is 4.90 Å². The van der Waals surface area contributed by atoms with Gasteiger partial charge in [0, 0.05) is 53.6 Å². The zero-order valence-corrected chi connectivity index (χ0v) is 30.7. The fraction of sp³-hybridized carbons (Fsp3) is 0.